The van der Waals surface area contributed by atoms with Crippen LogP contribution in [0.3, 0.4) is 0 Å². The van der Waals surface area contributed by atoms with Crippen molar-refractivity contribution in [1.29, 1.82) is 0 Å². The Hall–Kier alpha value is -0.900. The second kappa shape index (κ2) is 9.08. The van der Waals surface area contributed by atoms with Crippen LogP contribution in [0.15, 0.2) is 12.2 Å². The van der Waals surface area contributed by atoms with Gasteiger partial charge in [-0.25, -0.2) is 0 Å². The Labute approximate surface area is 119 Å². The largest absolute Gasteiger partial charge is 0.443 e. The molecule has 1 heteroatoms. The Kier molecular flexibility index (Phi) is 7.72. The van der Waals surface area contributed by atoms with E-state index in [2.05, 4.69) is 45.8 Å². The summed E-state index contributed by atoms with van der Waals surface area (Å²) >= 11 is 0. The minimum absolute atomic E-state index is 0.334. The van der Waals surface area contributed by atoms with E-state index in [0.29, 0.717) is 17.9 Å². The lowest BCUT2D eigenvalue weighted by Crippen LogP contribution is -2.33. The topological polar surface area (TPSA) is 9.23 Å². The third-order valence-electron chi connectivity index (χ3n) is 4.16. The molecule has 1 saturated carbocycles. The summed E-state index contributed by atoms with van der Waals surface area (Å²) in [6, 6.07) is 0. The molecule has 19 heavy (non-hydrogen) atoms. The Bertz CT molecular complexity index is 318. The van der Waals surface area contributed by atoms with Gasteiger partial charge in [0.25, 0.3) is 0 Å². The van der Waals surface area contributed by atoms with Gasteiger partial charge in [-0.15, -0.1) is 0 Å². The third kappa shape index (κ3) is 6.19. The van der Waals surface area contributed by atoms with Crippen molar-refractivity contribution in [3.05, 3.63) is 12.2 Å². The van der Waals surface area contributed by atoms with Crippen molar-refractivity contribution in [2.75, 3.05) is 0 Å². The van der Waals surface area contributed by atoms with Crippen LogP contribution < -0.4 is 0 Å². The van der Waals surface area contributed by atoms with Gasteiger partial charge in [0, 0.05) is 0 Å². The molecule has 1 fully saturated rings. The van der Waals surface area contributed by atoms with Gasteiger partial charge in [0.2, 0.25) is 0 Å². The molecule has 0 spiro atoms. The van der Waals surface area contributed by atoms with Crippen LogP contribution in [0, 0.1) is 29.8 Å². The molecule has 3 atom stereocenters. The van der Waals surface area contributed by atoms with Crippen molar-refractivity contribution in [2.24, 2.45) is 17.8 Å². The first-order valence-corrected chi connectivity index (χ1v) is 7.96. The molecule has 0 radical (unpaired) electrons. The highest BCUT2D eigenvalue weighted by atomic mass is 16.5. The predicted molar refractivity (Wildman–Crippen MR) is 82.7 cm³/mol. The molecule has 0 aromatic carbocycles. The lowest BCUT2D eigenvalue weighted by atomic mass is 9.75. The predicted octanol–water partition coefficient (Wildman–Crippen LogP) is 5.17. The van der Waals surface area contributed by atoms with Crippen molar-refractivity contribution in [2.45, 2.75) is 72.3 Å². The van der Waals surface area contributed by atoms with Crippen LogP contribution in [0.4, 0.5) is 0 Å². The molecule has 108 valence electrons. The zero-order valence-corrected chi connectivity index (χ0v) is 13.1. The molecule has 1 aliphatic carbocycles. The zero-order valence-electron chi connectivity index (χ0n) is 13.1. The molecule has 1 nitrogen and oxygen atoms in total. The molecule has 1 rings (SSSR count). The summed E-state index contributed by atoms with van der Waals surface area (Å²) < 4.78 is 5.82. The quantitative estimate of drug-likeness (QED) is 0.490. The molecule has 0 aromatic heterocycles. The van der Waals surface area contributed by atoms with Gasteiger partial charge in [0.05, 0.1) is 0 Å². The Balaban J connectivity index is 2.40. The minimum Gasteiger partial charge on any atom is -0.443 e. The molecule has 0 amide bonds. The lowest BCUT2D eigenvalue weighted by Gasteiger charge is -2.35. The van der Waals surface area contributed by atoms with Gasteiger partial charge in [-0.05, 0) is 49.0 Å². The maximum atomic E-state index is 5.82. The van der Waals surface area contributed by atoms with E-state index in [-0.39, 0.29) is 0 Å². The fourth-order valence-corrected chi connectivity index (χ4v) is 2.86. The van der Waals surface area contributed by atoms with Gasteiger partial charge in [0.15, 0.2) is 0 Å². The molecule has 0 aliphatic heterocycles. The van der Waals surface area contributed by atoms with Crippen LogP contribution in [0.25, 0.3) is 0 Å². The van der Waals surface area contributed by atoms with Crippen molar-refractivity contribution in [3.8, 4) is 12.0 Å². The molecular weight excluding hydrogens is 232 g/mol. The van der Waals surface area contributed by atoms with Gasteiger partial charge >= 0.3 is 0 Å². The van der Waals surface area contributed by atoms with Crippen LogP contribution in [0.1, 0.15) is 66.2 Å². The number of hydrogen-bond acceptors (Lipinski definition) is 1. The molecule has 0 heterocycles. The van der Waals surface area contributed by atoms with Gasteiger partial charge in [-0.1, -0.05) is 53.0 Å². The highest BCUT2D eigenvalue weighted by Gasteiger charge is 2.31. The lowest BCUT2D eigenvalue weighted by molar-refractivity contribution is 0.0252. The Morgan fingerprint density at radius 3 is 2.79 bits per heavy atom. The van der Waals surface area contributed by atoms with Crippen molar-refractivity contribution < 1.29 is 4.74 Å². The van der Waals surface area contributed by atoms with Crippen LogP contribution in [0.5, 0.6) is 0 Å². The van der Waals surface area contributed by atoms with Gasteiger partial charge in [0.1, 0.15) is 12.2 Å². The summed E-state index contributed by atoms with van der Waals surface area (Å²) in [5.74, 6) is 5.16. The van der Waals surface area contributed by atoms with Crippen molar-refractivity contribution in [1.82, 2.24) is 0 Å². The summed E-state index contributed by atoms with van der Waals surface area (Å²) in [6.07, 6.45) is 14.7. The third-order valence-corrected chi connectivity index (χ3v) is 4.16. The molecule has 0 aromatic rings. The molecule has 1 aliphatic rings. The first-order chi connectivity index (χ1) is 9.15. The van der Waals surface area contributed by atoms with E-state index in [1.807, 2.05) is 6.08 Å². The van der Waals surface area contributed by atoms with E-state index >= 15 is 0 Å². The number of ether oxygens (including phenoxy) is 1. The summed E-state index contributed by atoms with van der Waals surface area (Å²) in [6.45, 7) is 9.13. The normalized spacial score (nSPS) is 27.3. The minimum atomic E-state index is 0.334. The van der Waals surface area contributed by atoms with Crippen LogP contribution in [-0.2, 0) is 4.74 Å². The number of allylic oxidation sites excluding steroid dienone is 2. The molecule has 0 N–H and O–H groups in total. The second-order valence-electron chi connectivity index (χ2n) is 6.27. The van der Waals surface area contributed by atoms with Crippen LogP contribution >= 0.6 is 0 Å². The summed E-state index contributed by atoms with van der Waals surface area (Å²) in [5, 5.41) is 0. The summed E-state index contributed by atoms with van der Waals surface area (Å²) in [4.78, 5) is 0. The fraction of sp³-hybridized carbons (Fsp3) is 0.778. The van der Waals surface area contributed by atoms with Gasteiger partial charge in [-0.2, -0.15) is 0 Å². The van der Waals surface area contributed by atoms with Crippen LogP contribution in [0.2, 0.25) is 0 Å². The van der Waals surface area contributed by atoms with E-state index < -0.39 is 0 Å². The molecular formula is C18H30O. The van der Waals surface area contributed by atoms with Gasteiger partial charge in [-0.3, -0.25) is 0 Å². The van der Waals surface area contributed by atoms with Crippen molar-refractivity contribution >= 4 is 0 Å². The molecule has 0 unspecified atom stereocenters. The smallest absolute Gasteiger partial charge is 0.115 e. The maximum Gasteiger partial charge on any atom is 0.115 e. The first-order valence-electron chi connectivity index (χ1n) is 7.96. The Morgan fingerprint density at radius 2 is 2.11 bits per heavy atom. The molecule has 0 bridgehead atoms. The number of hydrogen-bond donors (Lipinski definition) is 0. The number of unbranched alkanes of at least 4 members (excludes halogenated alkanes) is 2. The number of rotatable bonds is 5. The molecule has 0 saturated heterocycles. The average molecular weight is 262 g/mol. The monoisotopic (exact) mass is 262 g/mol. The fourth-order valence-electron chi connectivity index (χ4n) is 2.86. The Morgan fingerprint density at radius 1 is 1.32 bits per heavy atom. The van der Waals surface area contributed by atoms with Crippen LogP contribution in [-0.4, -0.2) is 6.10 Å². The average Bonchev–Trinajstić information content (AvgIpc) is 2.37. The highest BCUT2D eigenvalue weighted by Crippen LogP contribution is 2.35. The van der Waals surface area contributed by atoms with Crippen molar-refractivity contribution in [3.63, 3.8) is 0 Å². The summed E-state index contributed by atoms with van der Waals surface area (Å²) in [7, 11) is 0. The van der Waals surface area contributed by atoms with Gasteiger partial charge < -0.3 is 4.74 Å². The highest BCUT2D eigenvalue weighted by molar-refractivity contribution is 5.12. The maximum absolute atomic E-state index is 5.82. The second-order valence-corrected chi connectivity index (χ2v) is 6.27. The summed E-state index contributed by atoms with van der Waals surface area (Å²) in [5.41, 5.74) is 0. The SMILES string of the molecule is CCCC/C=C/C#CO[C@H]1C[C@@H](C)CC[C@@H]1C(C)C. The van der Waals surface area contributed by atoms with E-state index in [1.54, 1.807) is 0 Å². The standard InChI is InChI=1S/C18H30O/c1-5-6-7-8-9-10-13-19-18-14-16(4)11-12-17(18)15(2)3/h8-9,15-18H,5-7,11-12,14H2,1-4H3/b9-8+/t16-,17+,18-/m0/s1. The first kappa shape index (κ1) is 16.2. The zero-order chi connectivity index (χ0) is 14.1. The van der Waals surface area contributed by atoms with E-state index in [9.17, 15) is 0 Å². The van der Waals surface area contributed by atoms with E-state index in [1.165, 1.54) is 25.7 Å². The van der Waals surface area contributed by atoms with E-state index in [4.69, 9.17) is 4.74 Å². The van der Waals surface area contributed by atoms with E-state index in [0.717, 1.165) is 18.8 Å².